The second kappa shape index (κ2) is 10.2. The molecule has 0 fully saturated rings. The summed E-state index contributed by atoms with van der Waals surface area (Å²) in [6.45, 7) is -0.332. The van der Waals surface area contributed by atoms with Crippen LogP contribution in [-0.2, 0) is 16.0 Å². The number of carbonyl (C=O) groups is 2. The zero-order chi connectivity index (χ0) is 17.1. The van der Waals surface area contributed by atoms with E-state index >= 15 is 0 Å². The molecule has 122 valence electrons. The van der Waals surface area contributed by atoms with E-state index in [0.717, 1.165) is 5.56 Å². The number of carboxylic acids is 2. The molecule has 0 radical (unpaired) electrons. The van der Waals surface area contributed by atoms with Gasteiger partial charge < -0.3 is 14.9 Å². The quantitative estimate of drug-likeness (QED) is 0.843. The molecular formula is C17H17ClO5. The lowest BCUT2D eigenvalue weighted by atomic mass is 10.1. The number of hydrogen-bond acceptors (Lipinski definition) is 3. The van der Waals surface area contributed by atoms with Crippen LogP contribution in [-0.4, -0.2) is 28.8 Å². The Hall–Kier alpha value is -2.53. The number of halogens is 1. The van der Waals surface area contributed by atoms with Crippen molar-refractivity contribution in [1.82, 2.24) is 0 Å². The highest BCUT2D eigenvalue weighted by atomic mass is 35.5. The molecule has 0 aliphatic rings. The van der Waals surface area contributed by atoms with Gasteiger partial charge in [0, 0.05) is 11.4 Å². The first-order valence-electron chi connectivity index (χ1n) is 6.83. The van der Waals surface area contributed by atoms with Crippen molar-refractivity contribution >= 4 is 23.5 Å². The van der Waals surface area contributed by atoms with Crippen molar-refractivity contribution in [3.8, 4) is 5.75 Å². The van der Waals surface area contributed by atoms with Gasteiger partial charge in [-0.15, -0.1) is 0 Å². The van der Waals surface area contributed by atoms with Crippen LogP contribution in [0.25, 0.3) is 0 Å². The normalized spacial score (nSPS) is 9.43. The molecule has 2 N–H and O–H groups in total. The van der Waals surface area contributed by atoms with Crippen LogP contribution in [0.3, 0.4) is 0 Å². The Morgan fingerprint density at radius 2 is 1.52 bits per heavy atom. The summed E-state index contributed by atoms with van der Waals surface area (Å²) >= 11 is 5.60. The lowest BCUT2D eigenvalue weighted by molar-refractivity contribution is -0.139. The molecule has 2 rings (SSSR count). The van der Waals surface area contributed by atoms with E-state index in [9.17, 15) is 9.59 Å². The van der Waals surface area contributed by atoms with Crippen LogP contribution in [0.5, 0.6) is 5.75 Å². The Balaban J connectivity index is 0.000000231. The molecule has 2 aromatic carbocycles. The maximum absolute atomic E-state index is 10.2. The van der Waals surface area contributed by atoms with E-state index in [4.69, 9.17) is 26.6 Å². The van der Waals surface area contributed by atoms with Gasteiger partial charge in [-0.05, 0) is 36.2 Å². The van der Waals surface area contributed by atoms with Crippen molar-refractivity contribution in [2.24, 2.45) is 0 Å². The van der Waals surface area contributed by atoms with Crippen LogP contribution in [0.15, 0.2) is 54.6 Å². The first-order chi connectivity index (χ1) is 11.0. The van der Waals surface area contributed by atoms with Gasteiger partial charge in [0.2, 0.25) is 0 Å². The van der Waals surface area contributed by atoms with Gasteiger partial charge in [0.15, 0.2) is 6.61 Å². The molecule has 0 atom stereocenters. The summed E-state index contributed by atoms with van der Waals surface area (Å²) in [6, 6.07) is 16.1. The molecule has 0 heterocycles. The maximum atomic E-state index is 10.2. The summed E-state index contributed by atoms with van der Waals surface area (Å²) in [5.74, 6) is -1.24. The highest BCUT2D eigenvalue weighted by molar-refractivity contribution is 6.30. The summed E-state index contributed by atoms with van der Waals surface area (Å²) < 4.78 is 4.86. The van der Waals surface area contributed by atoms with Crippen LogP contribution in [0.4, 0.5) is 0 Å². The number of rotatable bonds is 6. The number of aliphatic carboxylic acids is 2. The second-order valence-corrected chi connectivity index (χ2v) is 4.95. The molecule has 0 aromatic heterocycles. The van der Waals surface area contributed by atoms with Crippen LogP contribution >= 0.6 is 11.6 Å². The average Bonchev–Trinajstić information content (AvgIpc) is 2.54. The number of ether oxygens (including phenoxy) is 1. The van der Waals surface area contributed by atoms with Crippen molar-refractivity contribution in [2.45, 2.75) is 12.8 Å². The highest BCUT2D eigenvalue weighted by Crippen LogP contribution is 2.15. The van der Waals surface area contributed by atoms with E-state index < -0.39 is 11.9 Å². The largest absolute Gasteiger partial charge is 0.482 e. The molecule has 23 heavy (non-hydrogen) atoms. The SMILES string of the molecule is O=C(O)CCc1ccccc1.O=C(O)COc1ccc(Cl)cc1. The Labute approximate surface area is 139 Å². The fraction of sp³-hybridized carbons (Fsp3) is 0.176. The third kappa shape index (κ3) is 9.16. The molecule has 0 unspecified atom stereocenters. The van der Waals surface area contributed by atoms with Gasteiger partial charge in [0.1, 0.15) is 5.75 Å². The molecule has 0 aliphatic carbocycles. The van der Waals surface area contributed by atoms with E-state index in [1.54, 1.807) is 24.3 Å². The molecule has 5 nitrogen and oxygen atoms in total. The van der Waals surface area contributed by atoms with E-state index in [1.807, 2.05) is 30.3 Å². The van der Waals surface area contributed by atoms with Gasteiger partial charge in [-0.3, -0.25) is 4.79 Å². The summed E-state index contributed by atoms with van der Waals surface area (Å²) in [5.41, 5.74) is 1.08. The van der Waals surface area contributed by atoms with Gasteiger partial charge in [0.25, 0.3) is 0 Å². The van der Waals surface area contributed by atoms with Gasteiger partial charge in [-0.2, -0.15) is 0 Å². The lowest BCUT2D eigenvalue weighted by Crippen LogP contribution is -2.09. The molecule has 0 saturated heterocycles. The summed E-state index contributed by atoms with van der Waals surface area (Å²) in [5, 5.41) is 17.2. The molecule has 0 aliphatic heterocycles. The standard InChI is InChI=1S/C9H10O2.C8H7ClO3/c10-9(11)7-6-8-4-2-1-3-5-8;9-6-1-3-7(4-2-6)12-5-8(10)11/h1-5H,6-7H2,(H,10,11);1-4H,5H2,(H,10,11). The Morgan fingerprint density at radius 3 is 2.04 bits per heavy atom. The van der Waals surface area contributed by atoms with Crippen molar-refractivity contribution in [3.05, 3.63) is 65.2 Å². The van der Waals surface area contributed by atoms with Crippen molar-refractivity contribution in [1.29, 1.82) is 0 Å². The summed E-state index contributed by atoms with van der Waals surface area (Å²) in [7, 11) is 0. The topological polar surface area (TPSA) is 83.8 Å². The predicted molar refractivity (Wildman–Crippen MR) is 87.0 cm³/mol. The Kier molecular flexibility index (Phi) is 8.24. The highest BCUT2D eigenvalue weighted by Gasteiger charge is 1.98. The third-order valence-electron chi connectivity index (χ3n) is 2.65. The van der Waals surface area contributed by atoms with Gasteiger partial charge in [-0.25, -0.2) is 4.79 Å². The van der Waals surface area contributed by atoms with E-state index in [1.165, 1.54) is 0 Å². The molecular weight excluding hydrogens is 320 g/mol. The minimum atomic E-state index is -0.995. The number of hydrogen-bond donors (Lipinski definition) is 2. The van der Waals surface area contributed by atoms with Crippen molar-refractivity contribution < 1.29 is 24.5 Å². The van der Waals surface area contributed by atoms with Crippen LogP contribution in [0, 0.1) is 0 Å². The average molecular weight is 337 g/mol. The second-order valence-electron chi connectivity index (χ2n) is 4.52. The first kappa shape index (κ1) is 18.5. The zero-order valence-corrected chi connectivity index (χ0v) is 13.1. The van der Waals surface area contributed by atoms with Crippen LogP contribution in [0.2, 0.25) is 5.02 Å². The number of benzene rings is 2. The van der Waals surface area contributed by atoms with Gasteiger partial charge in [-0.1, -0.05) is 41.9 Å². The minimum Gasteiger partial charge on any atom is -0.482 e. The lowest BCUT2D eigenvalue weighted by Gasteiger charge is -2.01. The van der Waals surface area contributed by atoms with Crippen molar-refractivity contribution in [3.63, 3.8) is 0 Å². The predicted octanol–water partition coefficient (Wildman–Crippen LogP) is 3.51. The Bertz CT molecular complexity index is 611. The minimum absolute atomic E-state index is 0.212. The third-order valence-corrected chi connectivity index (χ3v) is 2.90. The molecule has 0 amide bonds. The van der Waals surface area contributed by atoms with Crippen molar-refractivity contribution in [2.75, 3.05) is 6.61 Å². The summed E-state index contributed by atoms with van der Waals surface area (Å²) in [6.07, 6.45) is 0.834. The van der Waals surface area contributed by atoms with Gasteiger partial charge in [0.05, 0.1) is 0 Å². The smallest absolute Gasteiger partial charge is 0.341 e. The summed E-state index contributed by atoms with van der Waals surface area (Å²) in [4.78, 5) is 20.3. The molecule has 0 spiro atoms. The van der Waals surface area contributed by atoms with Crippen LogP contribution < -0.4 is 4.74 Å². The fourth-order valence-corrected chi connectivity index (χ4v) is 1.70. The van der Waals surface area contributed by atoms with E-state index in [-0.39, 0.29) is 13.0 Å². The molecule has 2 aromatic rings. The Morgan fingerprint density at radius 1 is 0.913 bits per heavy atom. The fourth-order valence-electron chi connectivity index (χ4n) is 1.57. The first-order valence-corrected chi connectivity index (χ1v) is 7.21. The molecule has 6 heteroatoms. The van der Waals surface area contributed by atoms with Gasteiger partial charge >= 0.3 is 11.9 Å². The monoisotopic (exact) mass is 336 g/mol. The number of aryl methyl sites for hydroxylation is 1. The van der Waals surface area contributed by atoms with E-state index in [2.05, 4.69) is 0 Å². The number of carboxylic acid groups (broad SMARTS) is 2. The van der Waals surface area contributed by atoms with E-state index in [0.29, 0.717) is 17.2 Å². The zero-order valence-electron chi connectivity index (χ0n) is 12.3. The van der Waals surface area contributed by atoms with Crippen LogP contribution in [0.1, 0.15) is 12.0 Å². The molecule has 0 bridgehead atoms. The maximum Gasteiger partial charge on any atom is 0.341 e. The molecule has 0 saturated carbocycles.